The Morgan fingerprint density at radius 2 is 0.794 bits per heavy atom. The van der Waals surface area contributed by atoms with E-state index in [1.165, 1.54) is 0 Å². The van der Waals surface area contributed by atoms with Gasteiger partial charge in [0.15, 0.2) is 5.78 Å². The molecule has 0 unspecified atom stereocenters. The van der Waals surface area contributed by atoms with E-state index >= 15 is 0 Å². The standard InChI is InChI=1S/C31H26O3/c1-3-5-23-7-15-27(16-8-23)33-29-19-11-25(12-20-29)31(32)26-13-21-30(22-14-26)34-28-17-9-24(6-4-2)10-18-28/h3-22H,1-2H3. The van der Waals surface area contributed by atoms with Crippen molar-refractivity contribution in [2.75, 3.05) is 0 Å². The van der Waals surface area contributed by atoms with Gasteiger partial charge in [-0.15, -0.1) is 0 Å². The molecule has 4 aromatic carbocycles. The Morgan fingerprint density at radius 3 is 1.09 bits per heavy atom. The fourth-order valence-electron chi connectivity index (χ4n) is 3.47. The maximum atomic E-state index is 12.9. The van der Waals surface area contributed by atoms with Gasteiger partial charge in [-0.25, -0.2) is 0 Å². The van der Waals surface area contributed by atoms with E-state index in [-0.39, 0.29) is 5.78 Å². The van der Waals surface area contributed by atoms with Crippen molar-refractivity contribution in [2.24, 2.45) is 0 Å². The largest absolute Gasteiger partial charge is 0.457 e. The lowest BCUT2D eigenvalue weighted by atomic mass is 10.0. The molecule has 0 aliphatic rings. The van der Waals surface area contributed by atoms with Crippen LogP contribution >= 0.6 is 0 Å². The molecule has 0 N–H and O–H groups in total. The van der Waals surface area contributed by atoms with Gasteiger partial charge in [0.1, 0.15) is 23.0 Å². The molecule has 0 aliphatic carbocycles. The second kappa shape index (κ2) is 11.0. The first kappa shape index (κ1) is 22.8. The topological polar surface area (TPSA) is 35.5 Å². The lowest BCUT2D eigenvalue weighted by Crippen LogP contribution is -2.01. The number of carbonyl (C=O) groups is 1. The average Bonchev–Trinajstić information content (AvgIpc) is 2.87. The van der Waals surface area contributed by atoms with Gasteiger partial charge in [0.25, 0.3) is 0 Å². The van der Waals surface area contributed by atoms with Crippen molar-refractivity contribution in [3.8, 4) is 23.0 Å². The first-order valence-electron chi connectivity index (χ1n) is 11.2. The molecule has 0 aliphatic heterocycles. The Morgan fingerprint density at radius 1 is 0.500 bits per heavy atom. The van der Waals surface area contributed by atoms with Gasteiger partial charge in [0.05, 0.1) is 0 Å². The minimum absolute atomic E-state index is 0.0514. The van der Waals surface area contributed by atoms with Crippen LogP contribution in [0.1, 0.15) is 40.9 Å². The number of ketones is 1. The number of ether oxygens (including phenoxy) is 2. The maximum absolute atomic E-state index is 12.9. The number of benzene rings is 4. The van der Waals surface area contributed by atoms with Gasteiger partial charge in [0.2, 0.25) is 0 Å². The van der Waals surface area contributed by atoms with Crippen molar-refractivity contribution in [2.45, 2.75) is 13.8 Å². The summed E-state index contributed by atoms with van der Waals surface area (Å²) in [6.45, 7) is 3.97. The van der Waals surface area contributed by atoms with Crippen molar-refractivity contribution in [3.05, 3.63) is 131 Å². The molecule has 0 saturated heterocycles. The summed E-state index contributed by atoms with van der Waals surface area (Å²) >= 11 is 0. The summed E-state index contributed by atoms with van der Waals surface area (Å²) < 4.78 is 11.8. The summed E-state index contributed by atoms with van der Waals surface area (Å²) in [6, 6.07) is 30.0. The SMILES string of the molecule is CC=Cc1ccc(Oc2ccc(C(=O)c3ccc(Oc4ccc(C=CC)cc4)cc3)cc2)cc1. The zero-order chi connectivity index (χ0) is 23.8. The Hall–Kier alpha value is -4.37. The average molecular weight is 447 g/mol. The van der Waals surface area contributed by atoms with Crippen molar-refractivity contribution < 1.29 is 14.3 Å². The first-order chi connectivity index (χ1) is 16.6. The highest BCUT2D eigenvalue weighted by molar-refractivity contribution is 6.09. The molecule has 0 aromatic heterocycles. The predicted molar refractivity (Wildman–Crippen MR) is 139 cm³/mol. The van der Waals surface area contributed by atoms with Crippen LogP contribution < -0.4 is 9.47 Å². The predicted octanol–water partition coefficient (Wildman–Crippen LogP) is 8.57. The molecule has 34 heavy (non-hydrogen) atoms. The van der Waals surface area contributed by atoms with E-state index in [0.717, 1.165) is 22.6 Å². The number of hydrogen-bond donors (Lipinski definition) is 0. The quantitative estimate of drug-likeness (QED) is 0.254. The number of allylic oxidation sites excluding steroid dienone is 2. The molecule has 0 bridgehead atoms. The van der Waals surface area contributed by atoms with Crippen molar-refractivity contribution in [3.63, 3.8) is 0 Å². The van der Waals surface area contributed by atoms with Gasteiger partial charge >= 0.3 is 0 Å². The fraction of sp³-hybridized carbons (Fsp3) is 0.0645. The van der Waals surface area contributed by atoms with E-state index in [9.17, 15) is 4.79 Å². The summed E-state index contributed by atoms with van der Waals surface area (Å²) in [4.78, 5) is 12.9. The maximum Gasteiger partial charge on any atom is 0.193 e. The van der Waals surface area contributed by atoms with Gasteiger partial charge in [-0.05, 0) is 97.8 Å². The fourth-order valence-corrected chi connectivity index (χ4v) is 3.47. The Balaban J connectivity index is 1.38. The third kappa shape index (κ3) is 5.90. The zero-order valence-electron chi connectivity index (χ0n) is 19.3. The molecular weight excluding hydrogens is 420 g/mol. The van der Waals surface area contributed by atoms with Crippen LogP contribution in [0.15, 0.2) is 109 Å². The summed E-state index contributed by atoms with van der Waals surface area (Å²) in [5.41, 5.74) is 3.44. The number of carbonyl (C=O) groups excluding carboxylic acids is 1. The molecule has 3 nitrogen and oxygen atoms in total. The molecule has 0 heterocycles. The Bertz CT molecular complexity index is 1180. The molecule has 0 atom stereocenters. The lowest BCUT2D eigenvalue weighted by Gasteiger charge is -2.08. The summed E-state index contributed by atoms with van der Waals surface area (Å²) in [7, 11) is 0. The molecule has 0 spiro atoms. The third-order valence-corrected chi connectivity index (χ3v) is 5.18. The molecule has 0 radical (unpaired) electrons. The minimum Gasteiger partial charge on any atom is -0.457 e. The van der Waals surface area contributed by atoms with Gasteiger partial charge in [-0.2, -0.15) is 0 Å². The Kier molecular flexibility index (Phi) is 7.36. The smallest absolute Gasteiger partial charge is 0.193 e. The van der Waals surface area contributed by atoms with Crippen LogP contribution in [0, 0.1) is 0 Å². The highest BCUT2D eigenvalue weighted by Gasteiger charge is 2.10. The van der Waals surface area contributed by atoms with Crippen LogP contribution in [0.25, 0.3) is 12.2 Å². The summed E-state index contributed by atoms with van der Waals surface area (Å²) in [5.74, 6) is 2.81. The lowest BCUT2D eigenvalue weighted by molar-refractivity contribution is 0.103. The van der Waals surface area contributed by atoms with Crippen molar-refractivity contribution >= 4 is 17.9 Å². The monoisotopic (exact) mass is 446 g/mol. The van der Waals surface area contributed by atoms with Gasteiger partial charge in [-0.1, -0.05) is 48.6 Å². The molecule has 4 rings (SSSR count). The molecule has 0 fully saturated rings. The van der Waals surface area contributed by atoms with Gasteiger partial charge in [-0.3, -0.25) is 4.79 Å². The van der Waals surface area contributed by atoms with E-state index in [2.05, 4.69) is 0 Å². The van der Waals surface area contributed by atoms with Gasteiger partial charge in [0, 0.05) is 11.1 Å². The molecule has 168 valence electrons. The third-order valence-electron chi connectivity index (χ3n) is 5.18. The van der Waals surface area contributed by atoms with E-state index in [1.54, 1.807) is 24.3 Å². The molecule has 3 heteroatoms. The van der Waals surface area contributed by atoms with E-state index in [0.29, 0.717) is 22.6 Å². The molecular formula is C31H26O3. The van der Waals surface area contributed by atoms with Crippen molar-refractivity contribution in [1.82, 2.24) is 0 Å². The van der Waals surface area contributed by atoms with Crippen LogP contribution in [-0.2, 0) is 0 Å². The first-order valence-corrected chi connectivity index (χ1v) is 11.2. The van der Waals surface area contributed by atoms with Crippen LogP contribution in [-0.4, -0.2) is 5.78 Å². The van der Waals surface area contributed by atoms with Crippen LogP contribution in [0.3, 0.4) is 0 Å². The summed E-state index contributed by atoms with van der Waals surface area (Å²) in [6.07, 6.45) is 8.06. The van der Waals surface area contributed by atoms with E-state index in [4.69, 9.17) is 9.47 Å². The van der Waals surface area contributed by atoms with Crippen LogP contribution in [0.4, 0.5) is 0 Å². The second-order valence-corrected chi connectivity index (χ2v) is 7.72. The van der Waals surface area contributed by atoms with Crippen LogP contribution in [0.5, 0.6) is 23.0 Å². The van der Waals surface area contributed by atoms with E-state index in [1.807, 2.05) is 111 Å². The molecule has 0 saturated carbocycles. The highest BCUT2D eigenvalue weighted by atomic mass is 16.5. The highest BCUT2D eigenvalue weighted by Crippen LogP contribution is 2.25. The normalized spacial score (nSPS) is 11.1. The number of hydrogen-bond acceptors (Lipinski definition) is 3. The van der Waals surface area contributed by atoms with E-state index < -0.39 is 0 Å². The number of rotatable bonds is 8. The molecule has 4 aromatic rings. The Labute approximate surface area is 200 Å². The molecule has 0 amide bonds. The zero-order valence-corrected chi connectivity index (χ0v) is 19.3. The minimum atomic E-state index is -0.0514. The van der Waals surface area contributed by atoms with Crippen LogP contribution in [0.2, 0.25) is 0 Å². The van der Waals surface area contributed by atoms with Gasteiger partial charge < -0.3 is 9.47 Å². The second-order valence-electron chi connectivity index (χ2n) is 7.72. The van der Waals surface area contributed by atoms with Crippen molar-refractivity contribution in [1.29, 1.82) is 0 Å². The summed E-state index contributed by atoms with van der Waals surface area (Å²) in [5, 5.41) is 0.